The van der Waals surface area contributed by atoms with E-state index >= 15 is 0 Å². The molecule has 3 nitrogen and oxygen atoms in total. The third-order valence-corrected chi connectivity index (χ3v) is 4.19. The molecule has 0 radical (unpaired) electrons. The van der Waals surface area contributed by atoms with Gasteiger partial charge in [0.25, 0.3) is 0 Å². The molecule has 0 spiro atoms. The molecule has 0 amide bonds. The van der Waals surface area contributed by atoms with E-state index in [0.29, 0.717) is 4.99 Å². The lowest BCUT2D eigenvalue weighted by Gasteiger charge is -2.13. The highest BCUT2D eigenvalue weighted by Gasteiger charge is 2.10. The number of hydrogen-bond acceptors (Lipinski definition) is 5. The van der Waals surface area contributed by atoms with E-state index in [4.69, 9.17) is 18.0 Å². The number of hydrogen-bond donors (Lipinski definition) is 2. The quantitative estimate of drug-likeness (QED) is 0.656. The number of nitrogens with two attached hydrogens (primary N) is 1. The van der Waals surface area contributed by atoms with Crippen LogP contribution >= 0.6 is 35.3 Å². The molecule has 6 heteroatoms. The molecule has 0 atom stereocenters. The van der Waals surface area contributed by atoms with Gasteiger partial charge in [-0.3, -0.25) is 4.98 Å². The minimum absolute atomic E-state index is 0.423. The molecule has 18 heavy (non-hydrogen) atoms. The highest BCUT2D eigenvalue weighted by atomic mass is 32.2. The predicted octanol–water partition coefficient (Wildman–Crippen LogP) is 3.11. The van der Waals surface area contributed by atoms with Crippen LogP contribution in [-0.4, -0.2) is 16.2 Å². The lowest BCUT2D eigenvalue weighted by molar-refractivity contribution is 1.16. The molecule has 0 aliphatic rings. The second kappa shape index (κ2) is 6.17. The Morgan fingerprint density at radius 2 is 2.39 bits per heavy atom. The summed E-state index contributed by atoms with van der Waals surface area (Å²) in [5, 5.41) is 3.36. The van der Waals surface area contributed by atoms with E-state index < -0.39 is 0 Å². The van der Waals surface area contributed by atoms with Crippen molar-refractivity contribution in [3.63, 3.8) is 0 Å². The second-order valence-electron chi connectivity index (χ2n) is 3.57. The summed E-state index contributed by atoms with van der Waals surface area (Å²) < 4.78 is 0. The molecule has 2 rings (SSSR count). The molecular weight excluding hydrogens is 282 g/mol. The van der Waals surface area contributed by atoms with Crippen LogP contribution in [0.25, 0.3) is 0 Å². The van der Waals surface area contributed by atoms with Gasteiger partial charge in [0.1, 0.15) is 4.99 Å². The molecule has 0 aliphatic carbocycles. The zero-order valence-electron chi connectivity index (χ0n) is 9.84. The number of nitrogens with zero attached hydrogens (tertiary/aromatic N) is 1. The Balaban J connectivity index is 2.24. The molecule has 0 bridgehead atoms. The van der Waals surface area contributed by atoms with Gasteiger partial charge in [0.15, 0.2) is 0 Å². The number of nitrogens with one attached hydrogen (secondary N) is 1. The van der Waals surface area contributed by atoms with Crippen molar-refractivity contribution >= 4 is 46.0 Å². The van der Waals surface area contributed by atoms with Gasteiger partial charge in [-0.2, -0.15) is 0 Å². The van der Waals surface area contributed by atoms with Crippen molar-refractivity contribution in [3.8, 4) is 0 Å². The van der Waals surface area contributed by atoms with E-state index in [9.17, 15) is 0 Å². The molecule has 0 fully saturated rings. The van der Waals surface area contributed by atoms with Crippen molar-refractivity contribution < 1.29 is 0 Å². The maximum Gasteiger partial charge on any atom is 0.107 e. The number of thiocarbonyl (C=S) groups is 1. The lowest BCUT2D eigenvalue weighted by Crippen LogP contribution is -2.14. The van der Waals surface area contributed by atoms with Crippen molar-refractivity contribution in [3.05, 3.63) is 40.3 Å². The summed E-state index contributed by atoms with van der Waals surface area (Å²) in [5.41, 5.74) is 9.53. The Morgan fingerprint density at radius 1 is 1.56 bits per heavy atom. The third kappa shape index (κ3) is 3.01. The summed E-state index contributed by atoms with van der Waals surface area (Å²) >= 11 is 8.40. The van der Waals surface area contributed by atoms with E-state index in [2.05, 4.69) is 10.3 Å². The van der Waals surface area contributed by atoms with Gasteiger partial charge < -0.3 is 11.1 Å². The molecule has 3 N–H and O–H groups in total. The second-order valence-corrected chi connectivity index (χ2v) is 5.83. The van der Waals surface area contributed by atoms with Gasteiger partial charge in [0.05, 0.1) is 12.1 Å². The predicted molar refractivity (Wildman–Crippen MR) is 83.6 cm³/mol. The van der Waals surface area contributed by atoms with Gasteiger partial charge in [-0.25, -0.2) is 0 Å². The van der Waals surface area contributed by atoms with Crippen molar-refractivity contribution in [1.29, 1.82) is 0 Å². The first-order chi connectivity index (χ1) is 8.72. The summed E-state index contributed by atoms with van der Waals surface area (Å²) in [4.78, 5) is 6.75. The monoisotopic (exact) mass is 295 g/mol. The van der Waals surface area contributed by atoms with E-state index in [1.165, 1.54) is 4.88 Å². The number of anilines is 1. The lowest BCUT2D eigenvalue weighted by atomic mass is 10.1. The van der Waals surface area contributed by atoms with Crippen LogP contribution in [0.4, 0.5) is 5.69 Å². The Labute approximate surface area is 120 Å². The fraction of sp³-hybridized carbons (Fsp3) is 0.167. The molecule has 0 aliphatic heterocycles. The number of thioether (sulfide) groups is 1. The van der Waals surface area contributed by atoms with Crippen LogP contribution in [0.2, 0.25) is 0 Å². The fourth-order valence-corrected chi connectivity index (χ4v) is 3.07. The zero-order valence-corrected chi connectivity index (χ0v) is 12.3. The Bertz CT molecular complexity index is 538. The highest BCUT2D eigenvalue weighted by Crippen LogP contribution is 2.27. The first kappa shape index (κ1) is 13.3. The Morgan fingerprint density at radius 3 is 3.00 bits per heavy atom. The van der Waals surface area contributed by atoms with Crippen molar-refractivity contribution in [2.75, 3.05) is 11.6 Å². The smallest absolute Gasteiger partial charge is 0.107 e. The normalized spacial score (nSPS) is 10.3. The van der Waals surface area contributed by atoms with E-state index in [-0.39, 0.29) is 0 Å². The molecule has 1 aromatic heterocycles. The van der Waals surface area contributed by atoms with Crippen LogP contribution < -0.4 is 11.1 Å². The van der Waals surface area contributed by atoms with E-state index in [1.54, 1.807) is 23.1 Å². The zero-order chi connectivity index (χ0) is 13.0. The van der Waals surface area contributed by atoms with Gasteiger partial charge in [-0.1, -0.05) is 18.3 Å². The summed E-state index contributed by atoms with van der Waals surface area (Å²) in [5.74, 6) is 0. The highest BCUT2D eigenvalue weighted by molar-refractivity contribution is 7.98. The average molecular weight is 295 g/mol. The SMILES string of the molecule is CSc1cccc(NCc2cncs2)c1C(N)=S. The van der Waals surface area contributed by atoms with Gasteiger partial charge in [0, 0.05) is 27.2 Å². The van der Waals surface area contributed by atoms with E-state index in [0.717, 1.165) is 22.7 Å². The molecule has 0 saturated heterocycles. The standard InChI is InChI=1S/C12H13N3S3/c1-17-10-4-2-3-9(11(10)12(13)16)15-6-8-5-14-7-18-8/h2-5,7,15H,6H2,1H3,(H2,13,16). The van der Waals surface area contributed by atoms with Crippen LogP contribution in [-0.2, 0) is 6.54 Å². The number of aromatic nitrogens is 1. The van der Waals surface area contributed by atoms with Gasteiger partial charge in [0.2, 0.25) is 0 Å². The first-order valence-electron chi connectivity index (χ1n) is 5.30. The van der Waals surface area contributed by atoms with Crippen LogP contribution in [0.3, 0.4) is 0 Å². The van der Waals surface area contributed by atoms with Crippen LogP contribution in [0.5, 0.6) is 0 Å². The molecule has 0 unspecified atom stereocenters. The fourth-order valence-electron chi connectivity index (χ4n) is 1.61. The van der Waals surface area contributed by atoms with Gasteiger partial charge in [-0.15, -0.1) is 23.1 Å². The Hall–Kier alpha value is -1.11. The number of rotatable bonds is 5. The maximum absolute atomic E-state index is 5.81. The van der Waals surface area contributed by atoms with Gasteiger partial charge >= 0.3 is 0 Å². The Kier molecular flexibility index (Phi) is 4.57. The molecule has 2 aromatic rings. The van der Waals surface area contributed by atoms with E-state index in [1.807, 2.05) is 36.2 Å². The summed E-state index contributed by atoms with van der Waals surface area (Å²) in [6.45, 7) is 0.734. The summed E-state index contributed by atoms with van der Waals surface area (Å²) in [6, 6.07) is 6.02. The molecule has 1 heterocycles. The van der Waals surface area contributed by atoms with Crippen molar-refractivity contribution in [1.82, 2.24) is 4.98 Å². The molecule has 1 aromatic carbocycles. The number of benzene rings is 1. The van der Waals surface area contributed by atoms with Crippen molar-refractivity contribution in [2.45, 2.75) is 11.4 Å². The molecular formula is C12H13N3S3. The van der Waals surface area contributed by atoms with Crippen LogP contribution in [0.1, 0.15) is 10.4 Å². The average Bonchev–Trinajstić information content (AvgIpc) is 2.88. The molecule has 94 valence electrons. The molecule has 0 saturated carbocycles. The largest absolute Gasteiger partial charge is 0.389 e. The minimum atomic E-state index is 0.423. The topological polar surface area (TPSA) is 50.9 Å². The van der Waals surface area contributed by atoms with Crippen LogP contribution in [0.15, 0.2) is 34.8 Å². The van der Waals surface area contributed by atoms with Crippen LogP contribution in [0, 0.1) is 0 Å². The first-order valence-corrected chi connectivity index (χ1v) is 7.81. The van der Waals surface area contributed by atoms with Gasteiger partial charge in [-0.05, 0) is 18.4 Å². The third-order valence-electron chi connectivity index (χ3n) is 2.43. The maximum atomic E-state index is 5.81. The summed E-state index contributed by atoms with van der Waals surface area (Å²) in [7, 11) is 0. The number of thiazole rings is 1. The van der Waals surface area contributed by atoms with Crippen molar-refractivity contribution in [2.24, 2.45) is 5.73 Å². The summed E-state index contributed by atoms with van der Waals surface area (Å²) in [6.07, 6.45) is 3.88. The minimum Gasteiger partial charge on any atom is -0.389 e.